The molecule has 2 amide bonds. The number of amides is 2. The fourth-order valence-corrected chi connectivity index (χ4v) is 5.71. The van der Waals surface area contributed by atoms with Gasteiger partial charge in [0.1, 0.15) is 0 Å². The molecule has 2 atom stereocenters. The van der Waals surface area contributed by atoms with Crippen molar-refractivity contribution in [1.82, 2.24) is 0 Å². The number of benzene rings is 4. The molecule has 2 aliphatic carbocycles. The molecule has 232 valence electrons. The lowest BCUT2D eigenvalue weighted by Crippen LogP contribution is -2.31. The van der Waals surface area contributed by atoms with E-state index in [1.165, 1.54) is 55.6 Å². The zero-order valence-electron chi connectivity index (χ0n) is 24.9. The molecule has 0 aromatic heterocycles. The number of rotatable bonds is 7. The second kappa shape index (κ2) is 11.9. The lowest BCUT2D eigenvalue weighted by Gasteiger charge is -2.11. The van der Waals surface area contributed by atoms with Crippen LogP contribution in [0.1, 0.15) is 73.3 Å². The first-order chi connectivity index (χ1) is 22.5. The Balaban J connectivity index is 1.22. The smallest absolute Gasteiger partial charge is 0.339 e. The maximum absolute atomic E-state index is 13.5. The predicted octanol–water partition coefficient (Wildman–Crippen LogP) is 4.28. The van der Waals surface area contributed by atoms with Crippen molar-refractivity contribution in [3.05, 3.63) is 129 Å². The average Bonchev–Trinajstić information content (AvgIpc) is 3.48. The standard InChI is InChI=1S/C36H24N2O9/c1-17-7-3-5-9-25(17)37-34(44)27-30(40)20-13-11-18(15-23(20)32(27)42)29(39)19-12-14-21-24(16-19)33(43)28(31(21)41)35(45)38-26-10-6-4-8-22(26)36(46)47-2/h3-16,27-28H,1-2H3,(H,37,44)(H,38,45). The molecular weight excluding hydrogens is 604 g/mol. The summed E-state index contributed by atoms with van der Waals surface area (Å²) in [6, 6.07) is 20.5. The molecule has 2 N–H and O–H groups in total. The molecule has 0 fully saturated rings. The molecule has 0 saturated heterocycles. The second-order valence-electron chi connectivity index (χ2n) is 11.0. The Morgan fingerprint density at radius 3 is 1.53 bits per heavy atom. The number of methoxy groups -OCH3 is 1. The number of ketones is 5. The van der Waals surface area contributed by atoms with Gasteiger partial charge < -0.3 is 15.4 Å². The second-order valence-corrected chi connectivity index (χ2v) is 11.0. The van der Waals surface area contributed by atoms with Gasteiger partial charge in [0.25, 0.3) is 0 Å². The summed E-state index contributed by atoms with van der Waals surface area (Å²) in [6.45, 7) is 1.77. The topological polar surface area (TPSA) is 170 Å². The molecule has 0 aliphatic heterocycles. The first kappa shape index (κ1) is 30.7. The van der Waals surface area contributed by atoms with Gasteiger partial charge >= 0.3 is 5.97 Å². The van der Waals surface area contributed by atoms with Crippen molar-refractivity contribution >= 4 is 58.1 Å². The average molecular weight is 629 g/mol. The Labute approximate surface area is 266 Å². The third kappa shape index (κ3) is 5.23. The van der Waals surface area contributed by atoms with Gasteiger partial charge in [-0.15, -0.1) is 0 Å². The van der Waals surface area contributed by atoms with Crippen molar-refractivity contribution in [1.29, 1.82) is 0 Å². The van der Waals surface area contributed by atoms with Gasteiger partial charge in [-0.25, -0.2) is 4.79 Å². The van der Waals surface area contributed by atoms with Gasteiger partial charge in [0, 0.05) is 39.1 Å². The van der Waals surface area contributed by atoms with Crippen LogP contribution in [0.4, 0.5) is 11.4 Å². The number of hydrogen-bond acceptors (Lipinski definition) is 9. The van der Waals surface area contributed by atoms with E-state index in [0.29, 0.717) is 5.69 Å². The van der Waals surface area contributed by atoms with E-state index >= 15 is 0 Å². The summed E-state index contributed by atoms with van der Waals surface area (Å²) >= 11 is 0. The Kier molecular flexibility index (Phi) is 7.74. The van der Waals surface area contributed by atoms with Crippen molar-refractivity contribution in [2.24, 2.45) is 11.8 Å². The molecule has 0 spiro atoms. The Bertz CT molecular complexity index is 2110. The highest BCUT2D eigenvalue weighted by Crippen LogP contribution is 2.32. The third-order valence-electron chi connectivity index (χ3n) is 8.19. The molecule has 6 rings (SSSR count). The highest BCUT2D eigenvalue weighted by atomic mass is 16.5. The van der Waals surface area contributed by atoms with Crippen LogP contribution in [0.25, 0.3) is 0 Å². The molecule has 11 heteroatoms. The number of ether oxygens (including phenoxy) is 1. The van der Waals surface area contributed by atoms with Crippen LogP contribution >= 0.6 is 0 Å². The lowest BCUT2D eigenvalue weighted by molar-refractivity contribution is -0.118. The third-order valence-corrected chi connectivity index (χ3v) is 8.19. The molecule has 47 heavy (non-hydrogen) atoms. The molecule has 11 nitrogen and oxygen atoms in total. The van der Waals surface area contributed by atoms with Gasteiger partial charge in [-0.3, -0.25) is 33.6 Å². The van der Waals surface area contributed by atoms with Crippen LogP contribution in [0.5, 0.6) is 0 Å². The molecule has 2 aliphatic rings. The van der Waals surface area contributed by atoms with Gasteiger partial charge in [-0.1, -0.05) is 42.5 Å². The van der Waals surface area contributed by atoms with E-state index in [4.69, 9.17) is 4.74 Å². The largest absolute Gasteiger partial charge is 0.465 e. The zero-order valence-corrected chi connectivity index (χ0v) is 24.9. The summed E-state index contributed by atoms with van der Waals surface area (Å²) in [4.78, 5) is 104. The summed E-state index contributed by atoms with van der Waals surface area (Å²) in [6.07, 6.45) is 0. The van der Waals surface area contributed by atoms with Gasteiger partial charge in [0.15, 0.2) is 40.8 Å². The molecule has 0 radical (unpaired) electrons. The highest BCUT2D eigenvalue weighted by Gasteiger charge is 2.45. The normalized spacial score (nSPS) is 16.4. The maximum Gasteiger partial charge on any atom is 0.339 e. The first-order valence-electron chi connectivity index (χ1n) is 14.4. The minimum absolute atomic E-state index is 0.00689. The number of esters is 1. The maximum atomic E-state index is 13.5. The number of hydrogen-bond donors (Lipinski definition) is 2. The van der Waals surface area contributed by atoms with Crippen LogP contribution in [0, 0.1) is 18.8 Å². The van der Waals surface area contributed by atoms with Gasteiger partial charge in [0.2, 0.25) is 11.8 Å². The van der Waals surface area contributed by atoms with Gasteiger partial charge in [-0.2, -0.15) is 0 Å². The lowest BCUT2D eigenvalue weighted by atomic mass is 9.96. The van der Waals surface area contributed by atoms with Crippen molar-refractivity contribution in [2.75, 3.05) is 17.7 Å². The van der Waals surface area contributed by atoms with E-state index in [0.717, 1.165) is 5.56 Å². The van der Waals surface area contributed by atoms with Crippen molar-refractivity contribution in [2.45, 2.75) is 6.92 Å². The number of carbonyl (C=O) groups excluding carboxylic acids is 8. The number of anilines is 2. The predicted molar refractivity (Wildman–Crippen MR) is 167 cm³/mol. The minimum atomic E-state index is -1.74. The number of nitrogens with one attached hydrogen (secondary N) is 2. The number of Topliss-reactive ketones (excluding diaryl/α,β-unsaturated/α-hetero) is 4. The molecule has 0 heterocycles. The van der Waals surface area contributed by atoms with E-state index in [9.17, 15) is 38.4 Å². The zero-order chi connectivity index (χ0) is 33.6. The van der Waals surface area contributed by atoms with Crippen LogP contribution in [0.3, 0.4) is 0 Å². The molecule has 0 saturated carbocycles. The van der Waals surface area contributed by atoms with Crippen molar-refractivity contribution in [3.63, 3.8) is 0 Å². The molecule has 0 bridgehead atoms. The van der Waals surface area contributed by atoms with Gasteiger partial charge in [-0.05, 0) is 55.0 Å². The van der Waals surface area contributed by atoms with E-state index in [1.807, 2.05) is 0 Å². The Morgan fingerprint density at radius 1 is 0.574 bits per heavy atom. The van der Waals surface area contributed by atoms with Gasteiger partial charge in [0.05, 0.1) is 18.4 Å². The number of carbonyl (C=O) groups is 8. The van der Waals surface area contributed by atoms with Crippen LogP contribution in [0.2, 0.25) is 0 Å². The van der Waals surface area contributed by atoms with Crippen molar-refractivity contribution < 1.29 is 43.1 Å². The summed E-state index contributed by atoms with van der Waals surface area (Å²) in [5.41, 5.74) is 1.03. The Morgan fingerprint density at radius 2 is 1.02 bits per heavy atom. The van der Waals surface area contributed by atoms with Crippen molar-refractivity contribution in [3.8, 4) is 0 Å². The fraction of sp³-hybridized carbons (Fsp3) is 0.111. The SMILES string of the molecule is COC(=O)c1ccccc1NC(=O)C1C(=O)c2ccc(C(=O)c3ccc4c(c3)C(=O)C(C(=O)Nc3ccccc3C)C4=O)cc2C1=O. The molecule has 2 unspecified atom stereocenters. The summed E-state index contributed by atoms with van der Waals surface area (Å²) in [5.74, 6) is -9.47. The van der Waals surface area contributed by atoms with Crippen LogP contribution in [0.15, 0.2) is 84.9 Å². The minimum Gasteiger partial charge on any atom is -0.465 e. The van der Waals surface area contributed by atoms with E-state index in [1.54, 1.807) is 43.3 Å². The highest BCUT2D eigenvalue weighted by molar-refractivity contribution is 6.38. The molecule has 4 aromatic carbocycles. The summed E-state index contributed by atoms with van der Waals surface area (Å²) in [7, 11) is 1.17. The van der Waals surface area contributed by atoms with E-state index in [-0.39, 0.29) is 44.6 Å². The number of aryl methyl sites for hydroxylation is 1. The van der Waals surface area contributed by atoms with E-state index in [2.05, 4.69) is 10.6 Å². The monoisotopic (exact) mass is 628 g/mol. The summed E-state index contributed by atoms with van der Waals surface area (Å²) < 4.78 is 4.72. The fourth-order valence-electron chi connectivity index (χ4n) is 5.71. The number of para-hydroxylation sites is 2. The molecule has 4 aromatic rings. The van der Waals surface area contributed by atoms with E-state index < -0.39 is 58.5 Å². The molecular formula is C36H24N2O9. The first-order valence-corrected chi connectivity index (χ1v) is 14.4. The van der Waals surface area contributed by atoms with Crippen LogP contribution < -0.4 is 10.6 Å². The quantitative estimate of drug-likeness (QED) is 0.172. The Hall–Kier alpha value is -6.36. The summed E-state index contributed by atoms with van der Waals surface area (Å²) in [5, 5.41) is 5.07. The number of fused-ring (bicyclic) bond motifs is 2. The van der Waals surface area contributed by atoms with Crippen LogP contribution in [-0.2, 0) is 14.3 Å². The van der Waals surface area contributed by atoms with Crippen LogP contribution in [-0.4, -0.2) is 53.8 Å².